The molecule has 1 aromatic heterocycles. The molecule has 114 valence electrons. The van der Waals surface area contributed by atoms with E-state index in [-0.39, 0.29) is 17.0 Å². The Morgan fingerprint density at radius 3 is 2.73 bits per heavy atom. The Hall–Kier alpha value is -2.48. The van der Waals surface area contributed by atoms with Crippen LogP contribution in [0.1, 0.15) is 15.9 Å². The number of amides is 1. The van der Waals surface area contributed by atoms with Crippen molar-refractivity contribution >= 4 is 33.3 Å². The fraction of sp³-hybridized carbons (Fsp3) is 0.143. The number of nitro benzene ring substituents is 1. The van der Waals surface area contributed by atoms with E-state index in [1.807, 2.05) is 0 Å². The van der Waals surface area contributed by atoms with Crippen LogP contribution in [0.25, 0.3) is 0 Å². The minimum Gasteiger partial charge on any atom is -0.490 e. The molecule has 0 fully saturated rings. The number of halogens is 1. The maximum absolute atomic E-state index is 12.2. The monoisotopic (exact) mass is 365 g/mol. The molecule has 0 aliphatic rings. The van der Waals surface area contributed by atoms with Crippen molar-refractivity contribution in [2.45, 2.75) is 6.92 Å². The Morgan fingerprint density at radius 1 is 1.41 bits per heavy atom. The van der Waals surface area contributed by atoms with E-state index in [1.165, 1.54) is 25.3 Å². The molecule has 2 rings (SSSR count). The number of pyridine rings is 1. The minimum absolute atomic E-state index is 0.0968. The lowest BCUT2D eigenvalue weighted by Crippen LogP contribution is -2.14. The Labute approximate surface area is 134 Å². The van der Waals surface area contributed by atoms with E-state index in [1.54, 1.807) is 19.2 Å². The van der Waals surface area contributed by atoms with E-state index >= 15 is 0 Å². The van der Waals surface area contributed by atoms with Crippen LogP contribution in [0.15, 0.2) is 34.9 Å². The third-order valence-corrected chi connectivity index (χ3v) is 3.35. The lowest BCUT2D eigenvalue weighted by Gasteiger charge is -2.08. The van der Waals surface area contributed by atoms with Crippen LogP contribution in [0.2, 0.25) is 0 Å². The summed E-state index contributed by atoms with van der Waals surface area (Å²) in [5, 5.41) is 13.6. The maximum atomic E-state index is 12.2. The van der Waals surface area contributed by atoms with Gasteiger partial charge in [0.25, 0.3) is 5.91 Å². The number of methoxy groups -OCH3 is 1. The van der Waals surface area contributed by atoms with E-state index < -0.39 is 10.8 Å². The lowest BCUT2D eigenvalue weighted by molar-refractivity contribution is -0.385. The number of carbonyl (C=O) groups excluding carboxylic acids is 1. The average Bonchev–Trinajstić information content (AvgIpc) is 2.49. The highest BCUT2D eigenvalue weighted by Crippen LogP contribution is 2.28. The molecule has 7 nitrogen and oxygen atoms in total. The summed E-state index contributed by atoms with van der Waals surface area (Å²) in [6.45, 7) is 1.80. The third kappa shape index (κ3) is 3.40. The van der Waals surface area contributed by atoms with Crippen molar-refractivity contribution in [1.82, 2.24) is 4.98 Å². The molecule has 1 N–H and O–H groups in total. The summed E-state index contributed by atoms with van der Waals surface area (Å²) in [5.74, 6) is 0.00911. The number of anilines is 1. The maximum Gasteiger partial charge on any atom is 0.311 e. The van der Waals surface area contributed by atoms with E-state index in [4.69, 9.17) is 4.74 Å². The van der Waals surface area contributed by atoms with Crippen LogP contribution < -0.4 is 10.1 Å². The smallest absolute Gasteiger partial charge is 0.311 e. The number of carbonyl (C=O) groups is 1. The van der Waals surface area contributed by atoms with Gasteiger partial charge in [0.1, 0.15) is 5.82 Å². The molecule has 1 aromatic carbocycles. The highest BCUT2D eigenvalue weighted by Gasteiger charge is 2.18. The molecule has 0 radical (unpaired) electrons. The molecule has 0 saturated heterocycles. The molecule has 8 heteroatoms. The van der Waals surface area contributed by atoms with Gasteiger partial charge in [0.15, 0.2) is 5.75 Å². The zero-order chi connectivity index (χ0) is 16.3. The number of hydrogen-bond donors (Lipinski definition) is 1. The van der Waals surface area contributed by atoms with Gasteiger partial charge in [-0.2, -0.15) is 0 Å². The molecular weight excluding hydrogens is 354 g/mol. The summed E-state index contributed by atoms with van der Waals surface area (Å²) in [6.07, 6.45) is 1.55. The van der Waals surface area contributed by atoms with Crippen LogP contribution in [-0.2, 0) is 0 Å². The van der Waals surface area contributed by atoms with E-state index in [0.717, 1.165) is 10.0 Å². The molecule has 0 spiro atoms. The molecule has 22 heavy (non-hydrogen) atoms. The SMILES string of the molecule is COc1ccc(C(=O)Nc2ncc(Br)cc2C)cc1[N+](=O)[O-]. The molecule has 0 aliphatic heterocycles. The van der Waals surface area contributed by atoms with Gasteiger partial charge in [-0.25, -0.2) is 4.98 Å². The zero-order valence-corrected chi connectivity index (χ0v) is 13.4. The highest BCUT2D eigenvalue weighted by atomic mass is 79.9. The zero-order valence-electron chi connectivity index (χ0n) is 11.8. The summed E-state index contributed by atoms with van der Waals surface area (Å²) in [7, 11) is 1.33. The van der Waals surface area contributed by atoms with Crippen molar-refractivity contribution in [3.05, 3.63) is 56.2 Å². The van der Waals surface area contributed by atoms with Crippen molar-refractivity contribution in [3.63, 3.8) is 0 Å². The van der Waals surface area contributed by atoms with Crippen molar-refractivity contribution in [2.24, 2.45) is 0 Å². The van der Waals surface area contributed by atoms with Crippen molar-refractivity contribution in [2.75, 3.05) is 12.4 Å². The van der Waals surface area contributed by atoms with Crippen molar-refractivity contribution in [1.29, 1.82) is 0 Å². The number of aryl methyl sites for hydroxylation is 1. The summed E-state index contributed by atoms with van der Waals surface area (Å²) in [5.41, 5.74) is 0.651. The molecule has 0 saturated carbocycles. The van der Waals surface area contributed by atoms with Gasteiger partial charge in [-0.1, -0.05) is 0 Å². The topological polar surface area (TPSA) is 94.4 Å². The number of rotatable bonds is 4. The number of aromatic nitrogens is 1. The average molecular weight is 366 g/mol. The fourth-order valence-corrected chi connectivity index (χ4v) is 2.27. The summed E-state index contributed by atoms with van der Waals surface area (Å²) < 4.78 is 5.70. The first kappa shape index (κ1) is 15.9. The number of nitrogens with one attached hydrogen (secondary N) is 1. The number of hydrogen-bond acceptors (Lipinski definition) is 5. The summed E-state index contributed by atoms with van der Waals surface area (Å²) in [4.78, 5) is 26.7. The van der Waals surface area contributed by atoms with Gasteiger partial charge in [-0.3, -0.25) is 14.9 Å². The Bertz CT molecular complexity index is 749. The normalized spacial score (nSPS) is 10.1. The van der Waals surface area contributed by atoms with Gasteiger partial charge in [0.05, 0.1) is 12.0 Å². The third-order valence-electron chi connectivity index (χ3n) is 2.91. The molecule has 1 amide bonds. The molecule has 0 bridgehead atoms. The van der Waals surface area contributed by atoms with E-state index in [0.29, 0.717) is 5.82 Å². The van der Waals surface area contributed by atoms with Gasteiger partial charge in [-0.15, -0.1) is 0 Å². The highest BCUT2D eigenvalue weighted by molar-refractivity contribution is 9.10. The molecule has 0 atom stereocenters. The first-order valence-electron chi connectivity index (χ1n) is 6.18. The Morgan fingerprint density at radius 2 is 2.14 bits per heavy atom. The molecular formula is C14H12BrN3O4. The van der Waals surface area contributed by atoms with E-state index in [2.05, 4.69) is 26.2 Å². The van der Waals surface area contributed by atoms with Gasteiger partial charge in [0.2, 0.25) is 0 Å². The second-order valence-electron chi connectivity index (χ2n) is 4.42. The summed E-state index contributed by atoms with van der Waals surface area (Å²) in [6, 6.07) is 5.81. The van der Waals surface area contributed by atoms with Crippen LogP contribution >= 0.6 is 15.9 Å². The number of nitrogens with zero attached hydrogens (tertiary/aromatic N) is 2. The predicted octanol–water partition coefficient (Wildman–Crippen LogP) is 3.32. The van der Waals surface area contributed by atoms with Crippen LogP contribution in [0, 0.1) is 17.0 Å². The molecule has 0 aliphatic carbocycles. The van der Waals surface area contributed by atoms with Crippen LogP contribution in [-0.4, -0.2) is 22.9 Å². The Kier molecular flexibility index (Phi) is 4.71. The second-order valence-corrected chi connectivity index (χ2v) is 5.33. The summed E-state index contributed by atoms with van der Waals surface area (Å²) >= 11 is 3.28. The number of ether oxygens (including phenoxy) is 1. The largest absolute Gasteiger partial charge is 0.490 e. The van der Waals surface area contributed by atoms with Crippen LogP contribution in [0.5, 0.6) is 5.75 Å². The first-order chi connectivity index (χ1) is 10.4. The fourth-order valence-electron chi connectivity index (χ4n) is 1.82. The first-order valence-corrected chi connectivity index (χ1v) is 6.97. The predicted molar refractivity (Wildman–Crippen MR) is 84.3 cm³/mol. The van der Waals surface area contributed by atoms with Crippen LogP contribution in [0.3, 0.4) is 0 Å². The Balaban J connectivity index is 2.30. The number of nitro groups is 1. The standard InChI is InChI=1S/C14H12BrN3O4/c1-8-5-10(15)7-16-13(8)17-14(19)9-3-4-12(22-2)11(6-9)18(20)21/h3-7H,1-2H3,(H,16,17,19). The van der Waals surface area contributed by atoms with Gasteiger partial charge < -0.3 is 10.1 Å². The molecule has 2 aromatic rings. The van der Waals surface area contributed by atoms with Gasteiger partial charge in [-0.05, 0) is 46.6 Å². The minimum atomic E-state index is -0.598. The van der Waals surface area contributed by atoms with Crippen molar-refractivity contribution in [3.8, 4) is 5.75 Å². The second kappa shape index (κ2) is 6.52. The quantitative estimate of drug-likeness (QED) is 0.662. The van der Waals surface area contributed by atoms with Crippen molar-refractivity contribution < 1.29 is 14.5 Å². The van der Waals surface area contributed by atoms with E-state index in [9.17, 15) is 14.9 Å². The molecule has 0 unspecified atom stereocenters. The van der Waals surface area contributed by atoms with Crippen LogP contribution in [0.4, 0.5) is 11.5 Å². The number of benzene rings is 1. The van der Waals surface area contributed by atoms with Gasteiger partial charge >= 0.3 is 5.69 Å². The lowest BCUT2D eigenvalue weighted by atomic mass is 10.1. The molecule has 1 heterocycles. The van der Waals surface area contributed by atoms with Gasteiger partial charge in [0, 0.05) is 22.3 Å².